The van der Waals surface area contributed by atoms with Gasteiger partial charge in [-0.15, -0.1) is 0 Å². The molecule has 5 heteroatoms. The minimum Gasteiger partial charge on any atom is -0.292 e. The van der Waals surface area contributed by atoms with Gasteiger partial charge in [-0.1, -0.05) is 53.5 Å². The van der Waals surface area contributed by atoms with Gasteiger partial charge in [-0.05, 0) is 17.7 Å². The number of hydrogen-bond acceptors (Lipinski definition) is 2. The van der Waals surface area contributed by atoms with E-state index in [-0.39, 0.29) is 12.2 Å². The van der Waals surface area contributed by atoms with Crippen molar-refractivity contribution in [2.24, 2.45) is 7.05 Å². The molecule has 0 aliphatic carbocycles. The summed E-state index contributed by atoms with van der Waals surface area (Å²) >= 11 is 12.1. The molecule has 0 fully saturated rings. The van der Waals surface area contributed by atoms with E-state index in [9.17, 15) is 4.79 Å². The predicted octanol–water partition coefficient (Wildman–Crippen LogP) is 4.31. The minimum atomic E-state index is -0.0732. The van der Waals surface area contributed by atoms with Crippen molar-refractivity contribution in [3.05, 3.63) is 63.8 Å². The Balaban J connectivity index is 2.00. The number of ketones is 1. The van der Waals surface area contributed by atoms with Crippen LogP contribution in [0.5, 0.6) is 0 Å². The van der Waals surface area contributed by atoms with Crippen LogP contribution in [0.3, 0.4) is 0 Å². The first kappa shape index (κ1) is 14.1. The maximum absolute atomic E-state index is 12.5. The molecule has 2 aromatic carbocycles. The summed E-state index contributed by atoms with van der Waals surface area (Å²) in [4.78, 5) is 12.5. The number of benzene rings is 2. The number of hydrogen-bond donors (Lipinski definition) is 0. The molecule has 0 aliphatic rings. The molecular weight excluding hydrogens is 307 g/mol. The van der Waals surface area contributed by atoms with Crippen molar-refractivity contribution in [3.8, 4) is 0 Å². The van der Waals surface area contributed by atoms with Gasteiger partial charge in [0.1, 0.15) is 5.69 Å². The summed E-state index contributed by atoms with van der Waals surface area (Å²) in [5.41, 5.74) is 2.10. The zero-order valence-electron chi connectivity index (χ0n) is 11.3. The summed E-state index contributed by atoms with van der Waals surface area (Å²) in [5.74, 6) is -0.0732. The molecule has 0 atom stereocenters. The lowest BCUT2D eigenvalue weighted by molar-refractivity contribution is 0.0989. The fraction of sp³-hybridized carbons (Fsp3) is 0.125. The Kier molecular flexibility index (Phi) is 3.70. The number of halogens is 2. The fourth-order valence-corrected chi connectivity index (χ4v) is 2.75. The molecule has 0 unspecified atom stereocenters. The molecule has 3 nitrogen and oxygen atoms in total. The average molecular weight is 319 g/mol. The summed E-state index contributed by atoms with van der Waals surface area (Å²) in [7, 11) is 1.82. The van der Waals surface area contributed by atoms with Crippen LogP contribution in [-0.4, -0.2) is 15.6 Å². The Morgan fingerprint density at radius 2 is 1.90 bits per heavy atom. The molecule has 0 aliphatic heterocycles. The van der Waals surface area contributed by atoms with Gasteiger partial charge in [0.25, 0.3) is 0 Å². The summed E-state index contributed by atoms with van der Waals surface area (Å²) in [6, 6.07) is 12.9. The monoisotopic (exact) mass is 318 g/mol. The highest BCUT2D eigenvalue weighted by Crippen LogP contribution is 2.27. The van der Waals surface area contributed by atoms with E-state index in [4.69, 9.17) is 23.2 Å². The quantitative estimate of drug-likeness (QED) is 0.675. The van der Waals surface area contributed by atoms with E-state index in [1.54, 1.807) is 22.9 Å². The summed E-state index contributed by atoms with van der Waals surface area (Å²) < 4.78 is 1.71. The lowest BCUT2D eigenvalue weighted by Crippen LogP contribution is -2.06. The first-order valence-electron chi connectivity index (χ1n) is 6.45. The summed E-state index contributed by atoms with van der Waals surface area (Å²) in [6.45, 7) is 0. The van der Waals surface area contributed by atoms with Crippen LogP contribution in [0.15, 0.2) is 42.5 Å². The third-order valence-corrected chi connectivity index (χ3v) is 4.26. The molecule has 3 aromatic rings. The van der Waals surface area contributed by atoms with Gasteiger partial charge in [0, 0.05) is 18.9 Å². The number of rotatable bonds is 3. The fourth-order valence-electron chi connectivity index (χ4n) is 2.36. The second-order valence-corrected chi connectivity index (χ2v) is 5.59. The average Bonchev–Trinajstić information content (AvgIpc) is 2.82. The van der Waals surface area contributed by atoms with Crippen molar-refractivity contribution in [2.45, 2.75) is 6.42 Å². The Morgan fingerprint density at radius 3 is 2.71 bits per heavy atom. The SMILES string of the molecule is Cn1nc(C(=O)Cc2cccc(Cl)c2Cl)c2ccccc21. The molecule has 106 valence electrons. The number of Topliss-reactive ketones (excluding diaryl/α,β-unsaturated/α-hetero) is 1. The van der Waals surface area contributed by atoms with E-state index < -0.39 is 0 Å². The molecule has 0 spiro atoms. The van der Waals surface area contributed by atoms with Crippen molar-refractivity contribution in [1.82, 2.24) is 9.78 Å². The molecule has 21 heavy (non-hydrogen) atoms. The third-order valence-electron chi connectivity index (χ3n) is 3.40. The van der Waals surface area contributed by atoms with Gasteiger partial charge < -0.3 is 0 Å². The third kappa shape index (κ3) is 2.55. The smallest absolute Gasteiger partial charge is 0.188 e. The van der Waals surface area contributed by atoms with Crippen molar-refractivity contribution < 1.29 is 4.79 Å². The lowest BCUT2D eigenvalue weighted by atomic mass is 10.0. The standard InChI is InChI=1S/C16H12Cl2N2O/c1-20-13-8-3-2-6-11(13)16(19-20)14(21)9-10-5-4-7-12(17)15(10)18/h2-8H,9H2,1H3. The first-order chi connectivity index (χ1) is 10.1. The van der Waals surface area contributed by atoms with Gasteiger partial charge in [-0.3, -0.25) is 9.48 Å². The van der Waals surface area contributed by atoms with E-state index >= 15 is 0 Å². The van der Waals surface area contributed by atoms with E-state index in [1.165, 1.54) is 0 Å². The molecule has 0 saturated carbocycles. The topological polar surface area (TPSA) is 34.9 Å². The highest BCUT2D eigenvalue weighted by Gasteiger charge is 2.17. The van der Waals surface area contributed by atoms with Crippen LogP contribution in [0.1, 0.15) is 16.1 Å². The van der Waals surface area contributed by atoms with E-state index in [2.05, 4.69) is 5.10 Å². The normalized spacial score (nSPS) is 11.0. The van der Waals surface area contributed by atoms with Crippen molar-refractivity contribution in [2.75, 3.05) is 0 Å². The molecule has 0 amide bonds. The number of nitrogens with zero attached hydrogens (tertiary/aromatic N) is 2. The molecular formula is C16H12Cl2N2O. The molecule has 1 heterocycles. The number of aryl methyl sites for hydroxylation is 1. The zero-order chi connectivity index (χ0) is 15.0. The van der Waals surface area contributed by atoms with Gasteiger partial charge >= 0.3 is 0 Å². The zero-order valence-corrected chi connectivity index (χ0v) is 12.8. The van der Waals surface area contributed by atoms with Crippen molar-refractivity contribution in [1.29, 1.82) is 0 Å². The maximum Gasteiger partial charge on any atom is 0.188 e. The summed E-state index contributed by atoms with van der Waals surface area (Å²) in [5, 5.41) is 6.05. The van der Waals surface area contributed by atoms with Crippen molar-refractivity contribution >= 4 is 39.9 Å². The van der Waals surface area contributed by atoms with Crippen LogP contribution in [0, 0.1) is 0 Å². The molecule has 3 rings (SSSR count). The molecule has 0 saturated heterocycles. The van der Waals surface area contributed by atoms with E-state index in [0.717, 1.165) is 10.9 Å². The second kappa shape index (κ2) is 5.51. The summed E-state index contributed by atoms with van der Waals surface area (Å²) in [6.07, 6.45) is 0.181. The Labute approximate surface area is 132 Å². The number of aromatic nitrogens is 2. The number of para-hydroxylation sites is 1. The number of carbonyl (C=O) groups excluding carboxylic acids is 1. The highest BCUT2D eigenvalue weighted by atomic mass is 35.5. The Hall–Kier alpha value is -1.84. The molecule has 0 radical (unpaired) electrons. The Bertz CT molecular complexity index is 839. The Morgan fingerprint density at radius 1 is 1.14 bits per heavy atom. The number of carbonyl (C=O) groups is 1. The first-order valence-corrected chi connectivity index (χ1v) is 7.21. The van der Waals surface area contributed by atoms with Gasteiger partial charge in [-0.25, -0.2) is 0 Å². The molecule has 0 bridgehead atoms. The second-order valence-electron chi connectivity index (χ2n) is 4.80. The van der Waals surface area contributed by atoms with Crippen molar-refractivity contribution in [3.63, 3.8) is 0 Å². The molecule has 0 N–H and O–H groups in total. The van der Waals surface area contributed by atoms with Gasteiger partial charge in [0.2, 0.25) is 0 Å². The van der Waals surface area contributed by atoms with Crippen LogP contribution >= 0.6 is 23.2 Å². The minimum absolute atomic E-state index is 0.0732. The van der Waals surface area contributed by atoms with Crippen LogP contribution in [0.25, 0.3) is 10.9 Å². The maximum atomic E-state index is 12.5. The van der Waals surface area contributed by atoms with Gasteiger partial charge in [0.05, 0.1) is 15.6 Å². The molecule has 1 aromatic heterocycles. The van der Waals surface area contributed by atoms with E-state index in [1.807, 2.05) is 31.3 Å². The predicted molar refractivity (Wildman–Crippen MR) is 85.2 cm³/mol. The lowest BCUT2D eigenvalue weighted by Gasteiger charge is -2.04. The van der Waals surface area contributed by atoms with Crippen LogP contribution in [0.4, 0.5) is 0 Å². The highest BCUT2D eigenvalue weighted by molar-refractivity contribution is 6.42. The van der Waals surface area contributed by atoms with Gasteiger partial charge in [-0.2, -0.15) is 5.10 Å². The van der Waals surface area contributed by atoms with Gasteiger partial charge in [0.15, 0.2) is 5.78 Å². The van der Waals surface area contributed by atoms with Crippen LogP contribution in [-0.2, 0) is 13.5 Å². The van der Waals surface area contributed by atoms with E-state index in [0.29, 0.717) is 21.3 Å². The van der Waals surface area contributed by atoms with Crippen LogP contribution in [0.2, 0.25) is 10.0 Å². The number of fused-ring (bicyclic) bond motifs is 1. The largest absolute Gasteiger partial charge is 0.292 e. The van der Waals surface area contributed by atoms with Crippen LogP contribution < -0.4 is 0 Å².